The molecule has 3 unspecified atom stereocenters. The van der Waals surface area contributed by atoms with Crippen LogP contribution in [0.3, 0.4) is 0 Å². The molecule has 314 valence electrons. The maximum atomic E-state index is 15.1. The minimum Gasteiger partial charge on any atom is -0.394 e. The number of nitrogens with zero attached hydrogens (tertiary/aromatic N) is 6. The third-order valence-electron chi connectivity index (χ3n) is 10.2. The lowest BCUT2D eigenvalue weighted by Gasteiger charge is -2.38. The smallest absolute Gasteiger partial charge is 0.277 e. The van der Waals surface area contributed by atoms with Gasteiger partial charge in [-0.3, -0.25) is 14.4 Å². The molecule has 7 rings (SSSR count). The predicted molar refractivity (Wildman–Crippen MR) is 230 cm³/mol. The highest BCUT2D eigenvalue weighted by Crippen LogP contribution is 2.43. The highest BCUT2D eigenvalue weighted by molar-refractivity contribution is 9.10. The molecule has 18 heteroatoms. The molecule has 3 heterocycles. The predicted octanol–water partition coefficient (Wildman–Crippen LogP) is 6.63. The Morgan fingerprint density at radius 3 is 2.46 bits per heavy atom. The first-order valence-electron chi connectivity index (χ1n) is 19.2. The van der Waals surface area contributed by atoms with E-state index in [0.29, 0.717) is 66.4 Å². The lowest BCUT2D eigenvalue weighted by molar-refractivity contribution is -0.133. The molecule has 2 aromatic heterocycles. The minimum absolute atomic E-state index is 0.000486. The van der Waals surface area contributed by atoms with E-state index < -0.39 is 17.8 Å². The van der Waals surface area contributed by atoms with Crippen molar-refractivity contribution in [2.45, 2.75) is 51.2 Å². The van der Waals surface area contributed by atoms with Gasteiger partial charge in [-0.25, -0.2) is 24.8 Å². The lowest BCUT2D eigenvalue weighted by Crippen LogP contribution is -2.51. The van der Waals surface area contributed by atoms with Crippen LogP contribution in [0.4, 0.5) is 21.6 Å². The first-order valence-corrected chi connectivity index (χ1v) is 20.8. The monoisotopic (exact) mass is 913 g/mol. The fraction of sp³-hybridized carbons (Fsp3) is 0.390. The summed E-state index contributed by atoms with van der Waals surface area (Å²) in [4.78, 5) is 47.9. The van der Waals surface area contributed by atoms with E-state index >= 15 is 4.39 Å². The number of piperazine rings is 1. The maximum absolute atomic E-state index is 15.1. The molecule has 0 spiro atoms. The Balaban J connectivity index is 0.000000201. The summed E-state index contributed by atoms with van der Waals surface area (Å²) >= 11 is 15.6. The van der Waals surface area contributed by atoms with Gasteiger partial charge in [-0.05, 0) is 54.3 Å². The third kappa shape index (κ3) is 10.3. The van der Waals surface area contributed by atoms with Crippen molar-refractivity contribution in [1.29, 1.82) is 0 Å². The molecular formula is C41H47BrCl2FN9O5. The van der Waals surface area contributed by atoms with Crippen molar-refractivity contribution in [3.05, 3.63) is 104 Å². The van der Waals surface area contributed by atoms with Gasteiger partial charge in [0.05, 0.1) is 64.7 Å². The van der Waals surface area contributed by atoms with Gasteiger partial charge in [0.1, 0.15) is 17.7 Å². The number of benzene rings is 3. The van der Waals surface area contributed by atoms with Gasteiger partial charge in [0, 0.05) is 60.9 Å². The van der Waals surface area contributed by atoms with E-state index in [1.54, 1.807) is 36.1 Å². The van der Waals surface area contributed by atoms with Crippen molar-refractivity contribution in [2.75, 3.05) is 56.2 Å². The number of nitrogens with one attached hydrogen (secondary N) is 3. The second-order valence-corrected chi connectivity index (χ2v) is 16.5. The Bertz CT molecular complexity index is 2270. The number of aryl methyl sites for hydroxylation is 1. The van der Waals surface area contributed by atoms with E-state index in [-0.39, 0.29) is 47.7 Å². The Hall–Kier alpha value is -4.42. The van der Waals surface area contributed by atoms with Crippen molar-refractivity contribution in [3.63, 3.8) is 0 Å². The van der Waals surface area contributed by atoms with Gasteiger partial charge in [0.15, 0.2) is 5.82 Å². The van der Waals surface area contributed by atoms with Crippen LogP contribution in [0.15, 0.2) is 65.7 Å². The highest BCUT2D eigenvalue weighted by atomic mass is 79.9. The Kier molecular flexibility index (Phi) is 14.8. The first-order chi connectivity index (χ1) is 28.3. The molecular weight excluding hydrogens is 868 g/mol. The number of rotatable bonds is 12. The molecule has 0 radical (unpaired) electrons. The molecule has 0 bridgehead atoms. The summed E-state index contributed by atoms with van der Waals surface area (Å²) in [6.07, 6.45) is 3.17. The lowest BCUT2D eigenvalue weighted by atomic mass is 9.96. The number of hydrogen-bond donors (Lipinski definition) is 5. The van der Waals surface area contributed by atoms with Gasteiger partial charge in [-0.15, -0.1) is 0 Å². The Morgan fingerprint density at radius 2 is 1.78 bits per heavy atom. The number of aromatic nitrogens is 4. The van der Waals surface area contributed by atoms with Crippen molar-refractivity contribution >= 4 is 79.2 Å². The summed E-state index contributed by atoms with van der Waals surface area (Å²) in [5.41, 5.74) is 5.84. The summed E-state index contributed by atoms with van der Waals surface area (Å²) < 4.78 is 17.5. The molecule has 2 aliphatic rings. The zero-order valence-electron chi connectivity index (χ0n) is 33.1. The normalized spacial score (nSPS) is 16.8. The van der Waals surface area contributed by atoms with Crippen molar-refractivity contribution < 1.29 is 29.0 Å². The van der Waals surface area contributed by atoms with Crippen molar-refractivity contribution in [1.82, 2.24) is 35.2 Å². The third-order valence-corrected chi connectivity index (χ3v) is 11.3. The summed E-state index contributed by atoms with van der Waals surface area (Å²) in [6, 6.07) is 14.4. The molecule has 2 amide bonds. The highest BCUT2D eigenvalue weighted by Gasteiger charge is 2.35. The molecule has 5 N–H and O–H groups in total. The van der Waals surface area contributed by atoms with Crippen molar-refractivity contribution in [3.8, 4) is 0 Å². The van der Waals surface area contributed by atoms with Crippen LogP contribution in [0, 0.1) is 5.82 Å². The molecule has 5 aromatic rings. The van der Waals surface area contributed by atoms with Crippen LogP contribution in [-0.2, 0) is 16.7 Å². The topological polar surface area (TPSA) is 170 Å². The van der Waals surface area contributed by atoms with Gasteiger partial charge >= 0.3 is 0 Å². The van der Waals surface area contributed by atoms with E-state index in [1.165, 1.54) is 12.4 Å². The van der Waals surface area contributed by atoms with E-state index in [9.17, 15) is 14.7 Å². The fourth-order valence-electron chi connectivity index (χ4n) is 7.18. The maximum Gasteiger partial charge on any atom is 0.277 e. The number of imidazole rings is 1. The van der Waals surface area contributed by atoms with Crippen molar-refractivity contribution in [2.24, 2.45) is 7.05 Å². The minimum atomic E-state index is -0.695. The summed E-state index contributed by atoms with van der Waals surface area (Å²) in [7, 11) is 1.69. The molecule has 3 aromatic carbocycles. The zero-order chi connectivity index (χ0) is 42.4. The first kappa shape index (κ1) is 44.1. The fourth-order valence-corrected chi connectivity index (χ4v) is 8.02. The van der Waals surface area contributed by atoms with E-state index in [1.807, 2.05) is 29.2 Å². The second kappa shape index (κ2) is 19.8. The van der Waals surface area contributed by atoms with Crippen LogP contribution >= 0.6 is 39.1 Å². The molecule has 3 atom stereocenters. The Labute approximate surface area is 360 Å². The number of amides is 2. The zero-order valence-corrected chi connectivity index (χ0v) is 36.2. The van der Waals surface area contributed by atoms with E-state index in [4.69, 9.17) is 33.1 Å². The summed E-state index contributed by atoms with van der Waals surface area (Å²) in [5, 5.41) is 26.4. The van der Waals surface area contributed by atoms with Gasteiger partial charge in [0.2, 0.25) is 5.91 Å². The van der Waals surface area contributed by atoms with Crippen LogP contribution in [0.2, 0.25) is 10.0 Å². The standard InChI is InChI=1S/C24H32ClN5O2.C17H15BrClFN4O3/c1-15(2)26-13-19(17-4-6-18(25)7-5-17)24(32)30-10-8-29(9-11-30)23-21-16(3)12-20(31)22(21)27-14-28-23;1-24-8-21-16-13(24)7-10(17(26)23-27-5-4-25)15(14(16)20)22-12-3-2-9(18)6-11(12)19/h4-7,14-16,19-20,26,31H,8-13H2,1-3H3;2-3,6-8,22,25H,4-5H2,1H3,(H,23,26). The van der Waals surface area contributed by atoms with Gasteiger partial charge < -0.3 is 35.2 Å². The Morgan fingerprint density at radius 1 is 1.05 bits per heavy atom. The molecule has 1 fully saturated rings. The van der Waals surface area contributed by atoms with Crippen LogP contribution in [0.1, 0.15) is 72.3 Å². The number of aliphatic hydroxyl groups excluding tert-OH is 2. The summed E-state index contributed by atoms with van der Waals surface area (Å²) in [5.74, 6) is -0.355. The molecule has 1 aliphatic heterocycles. The largest absolute Gasteiger partial charge is 0.394 e. The number of halogens is 4. The quantitative estimate of drug-likeness (QED) is 0.0673. The summed E-state index contributed by atoms with van der Waals surface area (Å²) in [6.45, 7) is 9.21. The molecule has 59 heavy (non-hydrogen) atoms. The van der Waals surface area contributed by atoms with Crippen LogP contribution < -0.4 is 21.0 Å². The number of aliphatic hydroxyl groups is 2. The molecule has 0 saturated carbocycles. The van der Waals surface area contributed by atoms with Crippen LogP contribution in [0.5, 0.6) is 0 Å². The SMILES string of the molecule is CC(C)NCC(C(=O)N1CCN(c2ncnc3c2C(C)CC3O)CC1)c1ccc(Cl)cc1.Cn1cnc2c(F)c(Nc3ccc(Br)cc3Cl)c(C(=O)NOCCO)cc21. The number of fused-ring (bicyclic) bond motifs is 2. The number of hydroxylamine groups is 1. The van der Waals surface area contributed by atoms with Gasteiger partial charge in [0.25, 0.3) is 5.91 Å². The second-order valence-electron chi connectivity index (χ2n) is 14.7. The molecule has 14 nitrogen and oxygen atoms in total. The van der Waals surface area contributed by atoms with Crippen LogP contribution in [-0.4, -0.2) is 98.4 Å². The van der Waals surface area contributed by atoms with E-state index in [0.717, 1.165) is 27.1 Å². The number of carbonyl (C=O) groups excluding carboxylic acids is 2. The average Bonchev–Trinajstić information content (AvgIpc) is 3.74. The average molecular weight is 916 g/mol. The van der Waals surface area contributed by atoms with Crippen LogP contribution in [0.25, 0.3) is 11.0 Å². The molecule has 1 aliphatic carbocycles. The number of anilines is 3. The van der Waals surface area contributed by atoms with E-state index in [2.05, 4.69) is 72.7 Å². The van der Waals surface area contributed by atoms with Gasteiger partial charge in [-0.2, -0.15) is 0 Å². The van der Waals surface area contributed by atoms with Gasteiger partial charge in [-0.1, -0.05) is 72.0 Å². The number of carbonyl (C=O) groups is 2. The molecule has 1 saturated heterocycles. The number of hydrogen-bond acceptors (Lipinski definition) is 11.